The second-order valence-corrected chi connectivity index (χ2v) is 4.35. The van der Waals surface area contributed by atoms with Crippen LogP contribution in [0.2, 0.25) is 0 Å². The van der Waals surface area contributed by atoms with Gasteiger partial charge in [0.05, 0.1) is 12.6 Å². The van der Waals surface area contributed by atoms with Crippen LogP contribution in [0.3, 0.4) is 0 Å². The second-order valence-electron chi connectivity index (χ2n) is 4.35. The standard InChI is InChI=1S/C13H18N2O2/c16-9-10-4-6-11(7-5-10)15-13(17)12-3-1-2-8-14-12/h4-7,12,14,16H,1-3,8-9H2,(H,15,17)/t12-/m1/s1. The average molecular weight is 234 g/mol. The number of aliphatic hydroxyl groups is 1. The summed E-state index contributed by atoms with van der Waals surface area (Å²) in [6.45, 7) is 0.944. The quantitative estimate of drug-likeness (QED) is 0.738. The summed E-state index contributed by atoms with van der Waals surface area (Å²) in [4.78, 5) is 11.9. The zero-order valence-electron chi connectivity index (χ0n) is 9.78. The van der Waals surface area contributed by atoms with Crippen LogP contribution in [0.15, 0.2) is 24.3 Å². The first kappa shape index (κ1) is 12.1. The van der Waals surface area contributed by atoms with Crippen molar-refractivity contribution < 1.29 is 9.90 Å². The van der Waals surface area contributed by atoms with E-state index in [2.05, 4.69) is 10.6 Å². The molecule has 0 saturated carbocycles. The maximum absolute atomic E-state index is 11.9. The van der Waals surface area contributed by atoms with Gasteiger partial charge in [-0.1, -0.05) is 18.6 Å². The van der Waals surface area contributed by atoms with Crippen LogP contribution in [0.25, 0.3) is 0 Å². The van der Waals surface area contributed by atoms with E-state index < -0.39 is 0 Å². The maximum Gasteiger partial charge on any atom is 0.241 e. The summed E-state index contributed by atoms with van der Waals surface area (Å²) in [5.41, 5.74) is 1.62. The van der Waals surface area contributed by atoms with Crippen LogP contribution in [-0.2, 0) is 11.4 Å². The first-order valence-electron chi connectivity index (χ1n) is 6.03. The number of carbonyl (C=O) groups excluding carboxylic acids is 1. The highest BCUT2D eigenvalue weighted by Crippen LogP contribution is 2.12. The fraction of sp³-hybridized carbons (Fsp3) is 0.462. The summed E-state index contributed by atoms with van der Waals surface area (Å²) >= 11 is 0. The van der Waals surface area contributed by atoms with Gasteiger partial charge in [0.1, 0.15) is 0 Å². The highest BCUT2D eigenvalue weighted by atomic mass is 16.3. The van der Waals surface area contributed by atoms with Crippen LogP contribution < -0.4 is 10.6 Å². The number of benzene rings is 1. The number of piperidine rings is 1. The molecule has 1 aromatic carbocycles. The molecule has 0 radical (unpaired) electrons. The van der Waals surface area contributed by atoms with Crippen LogP contribution in [0, 0.1) is 0 Å². The maximum atomic E-state index is 11.9. The fourth-order valence-corrected chi connectivity index (χ4v) is 2.00. The average Bonchev–Trinajstić information content (AvgIpc) is 2.40. The number of nitrogens with one attached hydrogen (secondary N) is 2. The molecular formula is C13H18N2O2. The van der Waals surface area contributed by atoms with Crippen molar-refractivity contribution >= 4 is 11.6 Å². The van der Waals surface area contributed by atoms with E-state index in [0.717, 1.165) is 37.1 Å². The Bertz CT molecular complexity index is 370. The Labute approximate surface area is 101 Å². The van der Waals surface area contributed by atoms with Gasteiger partial charge < -0.3 is 15.7 Å². The lowest BCUT2D eigenvalue weighted by molar-refractivity contribution is -0.118. The molecule has 1 aliphatic rings. The van der Waals surface area contributed by atoms with E-state index in [-0.39, 0.29) is 18.6 Å². The van der Waals surface area contributed by atoms with Gasteiger partial charge >= 0.3 is 0 Å². The Morgan fingerprint density at radius 1 is 1.35 bits per heavy atom. The molecule has 0 aliphatic carbocycles. The number of amides is 1. The van der Waals surface area contributed by atoms with E-state index in [9.17, 15) is 4.79 Å². The van der Waals surface area contributed by atoms with Crippen molar-refractivity contribution in [1.29, 1.82) is 0 Å². The molecule has 0 unspecified atom stereocenters. The third kappa shape index (κ3) is 3.28. The Morgan fingerprint density at radius 3 is 2.71 bits per heavy atom. The van der Waals surface area contributed by atoms with Crippen molar-refractivity contribution in [3.63, 3.8) is 0 Å². The van der Waals surface area contributed by atoms with E-state index in [0.29, 0.717) is 0 Å². The van der Waals surface area contributed by atoms with Crippen molar-refractivity contribution in [2.24, 2.45) is 0 Å². The molecule has 1 fully saturated rings. The van der Waals surface area contributed by atoms with Gasteiger partial charge in [-0.2, -0.15) is 0 Å². The minimum Gasteiger partial charge on any atom is -0.392 e. The first-order chi connectivity index (χ1) is 8.29. The van der Waals surface area contributed by atoms with Gasteiger partial charge in [-0.25, -0.2) is 0 Å². The largest absolute Gasteiger partial charge is 0.392 e. The highest BCUT2D eigenvalue weighted by molar-refractivity contribution is 5.94. The lowest BCUT2D eigenvalue weighted by atomic mass is 10.0. The van der Waals surface area contributed by atoms with Gasteiger partial charge in [0, 0.05) is 5.69 Å². The molecule has 2 rings (SSSR count). The number of rotatable bonds is 3. The van der Waals surface area contributed by atoms with E-state index in [4.69, 9.17) is 5.11 Å². The van der Waals surface area contributed by atoms with Gasteiger partial charge in [0.15, 0.2) is 0 Å². The molecule has 17 heavy (non-hydrogen) atoms. The molecule has 0 aromatic heterocycles. The van der Waals surface area contributed by atoms with Crippen molar-refractivity contribution in [2.45, 2.75) is 31.9 Å². The molecular weight excluding hydrogens is 216 g/mol. The third-order valence-electron chi connectivity index (χ3n) is 3.03. The highest BCUT2D eigenvalue weighted by Gasteiger charge is 2.20. The van der Waals surface area contributed by atoms with E-state index in [1.807, 2.05) is 24.3 Å². The molecule has 1 heterocycles. The Kier molecular flexibility index (Phi) is 4.12. The van der Waals surface area contributed by atoms with Gasteiger partial charge in [-0.05, 0) is 37.1 Å². The molecule has 1 saturated heterocycles. The molecule has 1 amide bonds. The Hall–Kier alpha value is -1.39. The van der Waals surface area contributed by atoms with Crippen LogP contribution >= 0.6 is 0 Å². The summed E-state index contributed by atoms with van der Waals surface area (Å²) in [7, 11) is 0. The summed E-state index contributed by atoms with van der Waals surface area (Å²) in [6.07, 6.45) is 3.16. The summed E-state index contributed by atoms with van der Waals surface area (Å²) in [5, 5.41) is 15.0. The second kappa shape index (κ2) is 5.80. The van der Waals surface area contributed by atoms with Crippen LogP contribution in [0.4, 0.5) is 5.69 Å². The minimum atomic E-state index is -0.0683. The van der Waals surface area contributed by atoms with Crippen molar-refractivity contribution in [3.05, 3.63) is 29.8 Å². The third-order valence-corrected chi connectivity index (χ3v) is 3.03. The van der Waals surface area contributed by atoms with Crippen molar-refractivity contribution in [2.75, 3.05) is 11.9 Å². The van der Waals surface area contributed by atoms with Crippen LogP contribution in [0.5, 0.6) is 0 Å². The van der Waals surface area contributed by atoms with Gasteiger partial charge in [-0.3, -0.25) is 4.79 Å². The van der Waals surface area contributed by atoms with Crippen molar-refractivity contribution in [3.8, 4) is 0 Å². The molecule has 92 valence electrons. The van der Waals surface area contributed by atoms with Crippen molar-refractivity contribution in [1.82, 2.24) is 5.32 Å². The molecule has 1 atom stereocenters. The summed E-state index contributed by atoms with van der Waals surface area (Å²) < 4.78 is 0. The minimum absolute atomic E-state index is 0.0262. The van der Waals surface area contributed by atoms with Gasteiger partial charge in [0.2, 0.25) is 5.91 Å². The zero-order valence-corrected chi connectivity index (χ0v) is 9.78. The molecule has 1 aromatic rings. The van der Waals surface area contributed by atoms with Crippen LogP contribution in [-0.4, -0.2) is 23.6 Å². The predicted octanol–water partition coefficient (Wildman–Crippen LogP) is 1.26. The van der Waals surface area contributed by atoms with Gasteiger partial charge in [0.25, 0.3) is 0 Å². The molecule has 4 nitrogen and oxygen atoms in total. The molecule has 0 bridgehead atoms. The van der Waals surface area contributed by atoms with E-state index >= 15 is 0 Å². The number of hydrogen-bond donors (Lipinski definition) is 3. The SMILES string of the molecule is O=C(Nc1ccc(CO)cc1)[C@H]1CCCCN1. The monoisotopic (exact) mass is 234 g/mol. The lowest BCUT2D eigenvalue weighted by Gasteiger charge is -2.22. The molecule has 3 N–H and O–H groups in total. The first-order valence-corrected chi connectivity index (χ1v) is 6.03. The fourth-order valence-electron chi connectivity index (χ4n) is 2.00. The smallest absolute Gasteiger partial charge is 0.241 e. The lowest BCUT2D eigenvalue weighted by Crippen LogP contribution is -2.43. The van der Waals surface area contributed by atoms with Crippen LogP contribution in [0.1, 0.15) is 24.8 Å². The number of anilines is 1. The van der Waals surface area contributed by atoms with E-state index in [1.165, 1.54) is 0 Å². The molecule has 0 spiro atoms. The van der Waals surface area contributed by atoms with E-state index in [1.54, 1.807) is 0 Å². The summed E-state index contributed by atoms with van der Waals surface area (Å²) in [6, 6.07) is 7.17. The Balaban J connectivity index is 1.92. The Morgan fingerprint density at radius 2 is 2.12 bits per heavy atom. The predicted molar refractivity (Wildman–Crippen MR) is 66.6 cm³/mol. The normalized spacial score (nSPS) is 19.9. The summed E-state index contributed by atoms with van der Waals surface area (Å²) in [5.74, 6) is 0.0291. The molecule has 1 aliphatic heterocycles. The zero-order chi connectivity index (χ0) is 12.1. The topological polar surface area (TPSA) is 61.4 Å². The number of aliphatic hydroxyl groups excluding tert-OH is 1. The van der Waals surface area contributed by atoms with Gasteiger partial charge in [-0.15, -0.1) is 0 Å². The molecule has 4 heteroatoms. The number of hydrogen-bond acceptors (Lipinski definition) is 3. The number of carbonyl (C=O) groups is 1.